The number of nitrogens with two attached hydrogens (primary N) is 1. The van der Waals surface area contributed by atoms with Crippen molar-refractivity contribution in [3.05, 3.63) is 48.6 Å². The van der Waals surface area contributed by atoms with Crippen molar-refractivity contribution in [2.45, 2.75) is 209 Å². The van der Waals surface area contributed by atoms with E-state index in [2.05, 4.69) is 19.2 Å². The maximum atomic E-state index is 11.2. The van der Waals surface area contributed by atoms with Gasteiger partial charge in [0.05, 0.1) is 67.1 Å². The molecule has 1 heterocycles. The first-order chi connectivity index (χ1) is 28.8. The second-order valence-corrected chi connectivity index (χ2v) is 17.4. The molecule has 0 amide bonds. The number of hydrogen-bond acceptors (Lipinski definition) is 16. The van der Waals surface area contributed by atoms with Crippen LogP contribution in [0.3, 0.4) is 0 Å². The third-order valence-electron chi connectivity index (χ3n) is 10.9. The van der Waals surface area contributed by atoms with Gasteiger partial charge < -0.3 is 81.8 Å². The summed E-state index contributed by atoms with van der Waals surface area (Å²) in [6, 6.07) is -0.314. The summed E-state index contributed by atoms with van der Waals surface area (Å²) in [5.74, 6) is 0.0121. The molecule has 16 nitrogen and oxygen atoms in total. The summed E-state index contributed by atoms with van der Waals surface area (Å²) in [5.41, 5.74) is 5.43. The van der Waals surface area contributed by atoms with Gasteiger partial charge in [0.2, 0.25) is 0 Å². The van der Waals surface area contributed by atoms with Crippen molar-refractivity contribution in [1.82, 2.24) is 5.32 Å². The molecule has 0 spiro atoms. The molecule has 1 rings (SSSR count). The fraction of sp³-hybridized carbons (Fsp3) is 0.822. The van der Waals surface area contributed by atoms with Crippen LogP contribution in [0.5, 0.6) is 0 Å². The summed E-state index contributed by atoms with van der Waals surface area (Å²) in [4.78, 5) is 0. The molecule has 17 unspecified atom stereocenters. The van der Waals surface area contributed by atoms with Gasteiger partial charge in [-0.05, 0) is 103 Å². The minimum absolute atomic E-state index is 0.0282. The number of hydrogen-bond donors (Lipinski definition) is 14. The van der Waals surface area contributed by atoms with E-state index in [-0.39, 0.29) is 75.7 Å². The highest BCUT2D eigenvalue weighted by Gasteiger charge is 2.44. The molecule has 1 aliphatic heterocycles. The van der Waals surface area contributed by atoms with Gasteiger partial charge >= 0.3 is 0 Å². The SMILES string of the molecule is C/C=C/C=C/CC(OC1OC(C)C(O)C(O)C1O)C(C)C(CC(O)CC(O)CC(O)/C=C/CC(O)CC(O)CC(O)CC(O)/C=C/CC(O)CC(O)CCCN)NCC(C)C. The van der Waals surface area contributed by atoms with Gasteiger partial charge in [-0.2, -0.15) is 0 Å². The lowest BCUT2D eigenvalue weighted by atomic mass is 9.87. The lowest BCUT2D eigenvalue weighted by Gasteiger charge is -2.42. The number of allylic oxidation sites excluding steroid dienone is 3. The molecule has 61 heavy (non-hydrogen) atoms. The van der Waals surface area contributed by atoms with Crippen molar-refractivity contribution >= 4 is 0 Å². The van der Waals surface area contributed by atoms with E-state index < -0.39 is 91.7 Å². The molecule has 15 N–H and O–H groups in total. The zero-order chi connectivity index (χ0) is 46.1. The van der Waals surface area contributed by atoms with Crippen molar-refractivity contribution < 1.29 is 70.8 Å². The predicted molar refractivity (Wildman–Crippen MR) is 234 cm³/mol. The summed E-state index contributed by atoms with van der Waals surface area (Å²) in [5, 5.41) is 129. The van der Waals surface area contributed by atoms with E-state index in [1.54, 1.807) is 13.0 Å². The maximum Gasteiger partial charge on any atom is 0.186 e. The van der Waals surface area contributed by atoms with Crippen LogP contribution in [0.25, 0.3) is 0 Å². The molecule has 0 aromatic rings. The molecule has 1 saturated heterocycles. The third kappa shape index (κ3) is 25.4. The van der Waals surface area contributed by atoms with Gasteiger partial charge in [0.25, 0.3) is 0 Å². The Balaban J connectivity index is 2.67. The first kappa shape index (κ1) is 57.3. The van der Waals surface area contributed by atoms with Gasteiger partial charge in [0.15, 0.2) is 6.29 Å². The maximum absolute atomic E-state index is 11.2. The Bertz CT molecular complexity index is 1230. The largest absolute Gasteiger partial charge is 0.393 e. The summed E-state index contributed by atoms with van der Waals surface area (Å²) >= 11 is 0. The monoisotopic (exact) mass is 877 g/mol. The normalized spacial score (nSPS) is 26.4. The molecule has 358 valence electrons. The molecule has 17 atom stereocenters. The van der Waals surface area contributed by atoms with Crippen LogP contribution in [0.15, 0.2) is 48.6 Å². The van der Waals surface area contributed by atoms with Gasteiger partial charge in [-0.1, -0.05) is 69.4 Å². The summed E-state index contributed by atoms with van der Waals surface area (Å²) < 4.78 is 12.0. The van der Waals surface area contributed by atoms with E-state index in [1.165, 1.54) is 18.2 Å². The van der Waals surface area contributed by atoms with E-state index in [1.807, 2.05) is 38.2 Å². The Morgan fingerprint density at radius 3 is 1.66 bits per heavy atom. The van der Waals surface area contributed by atoms with Crippen LogP contribution in [0.2, 0.25) is 0 Å². The molecule has 0 aromatic carbocycles. The number of aliphatic hydroxyl groups excluding tert-OH is 12. The number of nitrogens with one attached hydrogen (secondary N) is 1. The summed E-state index contributed by atoms with van der Waals surface area (Å²) in [6.07, 6.45) is 0.131. The molecule has 0 radical (unpaired) electrons. The molecule has 0 aliphatic carbocycles. The van der Waals surface area contributed by atoms with Crippen LogP contribution in [-0.4, -0.2) is 172 Å². The Kier molecular flexibility index (Phi) is 30.1. The molecule has 0 aromatic heterocycles. The van der Waals surface area contributed by atoms with E-state index >= 15 is 0 Å². The number of rotatable bonds is 33. The highest BCUT2D eigenvalue weighted by atomic mass is 16.7. The quantitative estimate of drug-likeness (QED) is 0.0317. The highest BCUT2D eigenvalue weighted by Crippen LogP contribution is 2.28. The predicted octanol–water partition coefficient (Wildman–Crippen LogP) is 0.582. The molecular formula is C45H84N2O14. The fourth-order valence-corrected chi connectivity index (χ4v) is 7.32. The van der Waals surface area contributed by atoms with Gasteiger partial charge in [-0.3, -0.25) is 0 Å². The molecular weight excluding hydrogens is 792 g/mol. The van der Waals surface area contributed by atoms with Crippen LogP contribution in [-0.2, 0) is 9.47 Å². The highest BCUT2D eigenvalue weighted by molar-refractivity contribution is 5.03. The fourth-order valence-electron chi connectivity index (χ4n) is 7.32. The zero-order valence-electron chi connectivity index (χ0n) is 37.2. The van der Waals surface area contributed by atoms with Crippen LogP contribution in [0.1, 0.15) is 112 Å². The third-order valence-corrected chi connectivity index (χ3v) is 10.9. The van der Waals surface area contributed by atoms with E-state index in [0.29, 0.717) is 32.4 Å². The van der Waals surface area contributed by atoms with Gasteiger partial charge in [0.1, 0.15) is 18.3 Å². The van der Waals surface area contributed by atoms with Crippen molar-refractivity contribution in [3.8, 4) is 0 Å². The molecule has 1 aliphatic rings. The van der Waals surface area contributed by atoms with E-state index in [9.17, 15) is 61.3 Å². The van der Waals surface area contributed by atoms with Gasteiger partial charge in [-0.15, -0.1) is 0 Å². The summed E-state index contributed by atoms with van der Waals surface area (Å²) in [7, 11) is 0. The van der Waals surface area contributed by atoms with Gasteiger partial charge in [0, 0.05) is 18.9 Å². The number of ether oxygens (including phenoxy) is 2. The van der Waals surface area contributed by atoms with E-state index in [0.717, 1.165) is 0 Å². The first-order valence-corrected chi connectivity index (χ1v) is 22.3. The van der Waals surface area contributed by atoms with Gasteiger partial charge in [-0.25, -0.2) is 0 Å². The first-order valence-electron chi connectivity index (χ1n) is 22.3. The number of aliphatic hydroxyl groups is 12. The van der Waals surface area contributed by atoms with Crippen molar-refractivity contribution in [3.63, 3.8) is 0 Å². The Hall–Kier alpha value is -1.68. The standard InChI is InChI=1S/C45H84N2O14/c1-6-7-8-9-18-41(61-45-44(59)43(58)42(57)30(5)60-45)29(4)40(47-27-28(2)3)26-39(56)25-38(55)23-34(51)16-11-15-33(50)22-37(54)24-36(53)21-32(49)14-10-13-31(48)20-35(52)17-12-19-46/h6-11,14,16,28-45,47-59H,12-13,15,17-27,46H2,1-5H3/b7-6+,9-8+,14-10+,16-11+. The minimum Gasteiger partial charge on any atom is -0.393 e. The average molecular weight is 877 g/mol. The second-order valence-electron chi connectivity index (χ2n) is 17.4. The van der Waals surface area contributed by atoms with Crippen molar-refractivity contribution in [2.75, 3.05) is 13.1 Å². The Morgan fingerprint density at radius 2 is 1.13 bits per heavy atom. The Labute approximate surface area is 364 Å². The lowest BCUT2D eigenvalue weighted by molar-refractivity contribution is -0.307. The minimum atomic E-state index is -1.48. The molecule has 1 fully saturated rings. The summed E-state index contributed by atoms with van der Waals surface area (Å²) in [6.45, 7) is 10.6. The van der Waals surface area contributed by atoms with Crippen LogP contribution < -0.4 is 11.1 Å². The van der Waals surface area contributed by atoms with Crippen molar-refractivity contribution in [1.29, 1.82) is 0 Å². The molecule has 0 saturated carbocycles. The van der Waals surface area contributed by atoms with Crippen LogP contribution >= 0.6 is 0 Å². The average Bonchev–Trinajstić information content (AvgIpc) is 3.17. The lowest BCUT2D eigenvalue weighted by Crippen LogP contribution is -2.58. The van der Waals surface area contributed by atoms with Crippen LogP contribution in [0.4, 0.5) is 0 Å². The van der Waals surface area contributed by atoms with E-state index in [4.69, 9.17) is 15.2 Å². The molecule has 16 heteroatoms. The van der Waals surface area contributed by atoms with Crippen molar-refractivity contribution in [2.24, 2.45) is 17.6 Å². The molecule has 0 bridgehead atoms. The Morgan fingerprint density at radius 1 is 0.623 bits per heavy atom. The second kappa shape index (κ2) is 32.1. The smallest absolute Gasteiger partial charge is 0.186 e. The van der Waals surface area contributed by atoms with Crippen LogP contribution in [0, 0.1) is 11.8 Å². The topological polar surface area (TPSA) is 299 Å². The zero-order valence-corrected chi connectivity index (χ0v) is 37.2.